The van der Waals surface area contributed by atoms with Crippen LogP contribution >= 0.6 is 0 Å². The maximum atomic E-state index is 13.2. The van der Waals surface area contributed by atoms with Crippen LogP contribution in [0.25, 0.3) is 10.9 Å². The molecule has 0 unspecified atom stereocenters. The van der Waals surface area contributed by atoms with Crippen LogP contribution in [-0.4, -0.2) is 29.0 Å². The van der Waals surface area contributed by atoms with Crippen molar-refractivity contribution in [3.05, 3.63) is 70.2 Å². The number of nitro groups is 1. The van der Waals surface area contributed by atoms with Gasteiger partial charge in [-0.05, 0) is 24.1 Å². The largest absolute Gasteiger partial charge is 0.477 e. The number of aromatic amines is 1. The number of carbonyl (C=O) groups excluding carboxylic acids is 1. The van der Waals surface area contributed by atoms with Crippen molar-refractivity contribution in [1.82, 2.24) is 10.3 Å². The molecule has 0 atom stereocenters. The lowest BCUT2D eigenvalue weighted by Crippen LogP contribution is -2.30. The van der Waals surface area contributed by atoms with Crippen molar-refractivity contribution in [3.63, 3.8) is 0 Å². The number of halogens is 1. The van der Waals surface area contributed by atoms with Crippen LogP contribution in [0, 0.1) is 15.9 Å². The van der Waals surface area contributed by atoms with Crippen LogP contribution in [0.2, 0.25) is 0 Å². The number of H-pyrrole nitrogens is 1. The van der Waals surface area contributed by atoms with Crippen LogP contribution in [0.4, 0.5) is 10.1 Å². The first-order chi connectivity index (χ1) is 12.5. The maximum Gasteiger partial charge on any atom is 0.311 e. The molecular formula is C18H16FN3O4. The highest BCUT2D eigenvalue weighted by atomic mass is 19.1. The average molecular weight is 357 g/mol. The lowest BCUT2D eigenvalue weighted by molar-refractivity contribution is -0.385. The van der Waals surface area contributed by atoms with Gasteiger partial charge in [0, 0.05) is 35.8 Å². The van der Waals surface area contributed by atoms with E-state index in [4.69, 9.17) is 4.74 Å². The molecule has 0 aliphatic carbocycles. The first-order valence-corrected chi connectivity index (χ1v) is 7.93. The average Bonchev–Trinajstić information content (AvgIpc) is 3.03. The topological polar surface area (TPSA) is 97.3 Å². The molecule has 0 saturated heterocycles. The van der Waals surface area contributed by atoms with Crippen molar-refractivity contribution in [2.45, 2.75) is 6.42 Å². The molecule has 0 spiro atoms. The lowest BCUT2D eigenvalue weighted by Gasteiger charge is -2.08. The number of hydrogen-bond acceptors (Lipinski definition) is 4. The summed E-state index contributed by atoms with van der Waals surface area (Å²) in [5.41, 5.74) is 1.70. The summed E-state index contributed by atoms with van der Waals surface area (Å²) in [6.07, 6.45) is 2.51. The number of para-hydroxylation sites is 1. The van der Waals surface area contributed by atoms with E-state index in [1.807, 2.05) is 30.5 Å². The quantitative estimate of drug-likeness (QED) is 0.502. The summed E-state index contributed by atoms with van der Waals surface area (Å²) in [7, 11) is 0. The molecule has 0 bridgehead atoms. The van der Waals surface area contributed by atoms with Gasteiger partial charge in [-0.15, -0.1) is 0 Å². The normalized spacial score (nSPS) is 10.7. The van der Waals surface area contributed by atoms with E-state index in [2.05, 4.69) is 10.3 Å². The van der Waals surface area contributed by atoms with Crippen molar-refractivity contribution in [1.29, 1.82) is 0 Å². The van der Waals surface area contributed by atoms with Gasteiger partial charge in [-0.2, -0.15) is 0 Å². The van der Waals surface area contributed by atoms with Gasteiger partial charge in [0.2, 0.25) is 5.75 Å². The van der Waals surface area contributed by atoms with E-state index in [-0.39, 0.29) is 5.75 Å². The number of ether oxygens (including phenoxy) is 1. The Balaban J connectivity index is 1.52. The van der Waals surface area contributed by atoms with Crippen molar-refractivity contribution in [2.24, 2.45) is 0 Å². The molecule has 1 heterocycles. The fourth-order valence-corrected chi connectivity index (χ4v) is 2.62. The second-order valence-electron chi connectivity index (χ2n) is 5.62. The van der Waals surface area contributed by atoms with Gasteiger partial charge in [0.15, 0.2) is 6.61 Å². The predicted octanol–water partition coefficient (Wildman–Crippen LogP) is 2.95. The highest BCUT2D eigenvalue weighted by molar-refractivity contribution is 5.83. The third kappa shape index (κ3) is 3.97. The minimum atomic E-state index is -0.691. The molecule has 0 aliphatic rings. The van der Waals surface area contributed by atoms with Gasteiger partial charge < -0.3 is 15.0 Å². The Hall–Kier alpha value is -3.42. The fraction of sp³-hybridized carbons (Fsp3) is 0.167. The van der Waals surface area contributed by atoms with Gasteiger partial charge in [0.1, 0.15) is 5.82 Å². The Morgan fingerprint density at radius 3 is 2.88 bits per heavy atom. The molecule has 0 aliphatic heterocycles. The second-order valence-corrected chi connectivity index (χ2v) is 5.62. The molecule has 1 amide bonds. The summed E-state index contributed by atoms with van der Waals surface area (Å²) in [6, 6.07) is 10.7. The van der Waals surface area contributed by atoms with Crippen LogP contribution in [0.5, 0.6) is 5.75 Å². The molecule has 2 aromatic carbocycles. The fourth-order valence-electron chi connectivity index (χ4n) is 2.62. The summed E-state index contributed by atoms with van der Waals surface area (Å²) in [5.74, 6) is -1.39. The number of nitrogens with zero attached hydrogens (tertiary/aromatic N) is 1. The Labute approximate surface area is 147 Å². The first-order valence-electron chi connectivity index (χ1n) is 7.93. The van der Waals surface area contributed by atoms with E-state index in [1.165, 1.54) is 0 Å². The van der Waals surface area contributed by atoms with Crippen molar-refractivity contribution in [3.8, 4) is 5.75 Å². The van der Waals surface area contributed by atoms with Gasteiger partial charge in [0.05, 0.1) is 4.92 Å². The smallest absolute Gasteiger partial charge is 0.311 e. The van der Waals surface area contributed by atoms with Gasteiger partial charge in [-0.3, -0.25) is 14.9 Å². The Morgan fingerprint density at radius 1 is 1.27 bits per heavy atom. The molecule has 8 heteroatoms. The molecular weight excluding hydrogens is 341 g/mol. The number of aromatic nitrogens is 1. The van der Waals surface area contributed by atoms with Crippen LogP contribution in [0.1, 0.15) is 5.56 Å². The zero-order chi connectivity index (χ0) is 18.5. The minimum Gasteiger partial charge on any atom is -0.477 e. The molecule has 134 valence electrons. The molecule has 26 heavy (non-hydrogen) atoms. The van der Waals surface area contributed by atoms with E-state index in [1.54, 1.807) is 0 Å². The molecule has 0 saturated carbocycles. The molecule has 0 fully saturated rings. The Morgan fingerprint density at radius 2 is 2.08 bits per heavy atom. The zero-order valence-electron chi connectivity index (χ0n) is 13.7. The van der Waals surface area contributed by atoms with E-state index in [0.29, 0.717) is 13.0 Å². The van der Waals surface area contributed by atoms with Crippen molar-refractivity contribution < 1.29 is 18.8 Å². The summed E-state index contributed by atoms with van der Waals surface area (Å²) >= 11 is 0. The number of fused-ring (bicyclic) bond motifs is 1. The summed E-state index contributed by atoms with van der Waals surface area (Å²) in [6.45, 7) is -0.0482. The molecule has 3 rings (SSSR count). The minimum absolute atomic E-state index is 0.276. The number of carbonyl (C=O) groups is 1. The second kappa shape index (κ2) is 7.64. The van der Waals surface area contributed by atoms with Gasteiger partial charge >= 0.3 is 5.69 Å². The summed E-state index contributed by atoms with van der Waals surface area (Å²) in [4.78, 5) is 25.2. The van der Waals surface area contributed by atoms with Crippen LogP contribution in [-0.2, 0) is 11.2 Å². The number of nitrogens with one attached hydrogen (secondary N) is 2. The third-order valence-corrected chi connectivity index (χ3v) is 3.87. The van der Waals surface area contributed by atoms with Crippen molar-refractivity contribution in [2.75, 3.05) is 13.2 Å². The molecule has 1 aromatic heterocycles. The monoisotopic (exact) mass is 357 g/mol. The van der Waals surface area contributed by atoms with Crippen molar-refractivity contribution >= 4 is 22.5 Å². The Kier molecular flexibility index (Phi) is 5.12. The lowest BCUT2D eigenvalue weighted by atomic mass is 10.1. The van der Waals surface area contributed by atoms with Crippen LogP contribution in [0.3, 0.4) is 0 Å². The molecule has 0 radical (unpaired) electrons. The first kappa shape index (κ1) is 17.4. The highest BCUT2D eigenvalue weighted by Gasteiger charge is 2.17. The van der Waals surface area contributed by atoms with E-state index in [0.717, 1.165) is 34.7 Å². The van der Waals surface area contributed by atoms with Gasteiger partial charge in [0.25, 0.3) is 5.91 Å². The maximum absolute atomic E-state index is 13.2. The predicted molar refractivity (Wildman–Crippen MR) is 93.6 cm³/mol. The number of hydrogen-bond donors (Lipinski definition) is 2. The number of benzene rings is 2. The van der Waals surface area contributed by atoms with E-state index < -0.39 is 28.9 Å². The van der Waals surface area contributed by atoms with E-state index >= 15 is 0 Å². The number of rotatable bonds is 7. The van der Waals surface area contributed by atoms with Gasteiger partial charge in [-0.25, -0.2) is 4.39 Å². The van der Waals surface area contributed by atoms with Crippen LogP contribution < -0.4 is 10.1 Å². The van der Waals surface area contributed by atoms with Crippen LogP contribution in [0.15, 0.2) is 48.7 Å². The van der Waals surface area contributed by atoms with Gasteiger partial charge in [-0.1, -0.05) is 18.2 Å². The zero-order valence-corrected chi connectivity index (χ0v) is 13.7. The Bertz CT molecular complexity index is 955. The molecule has 3 aromatic rings. The summed E-state index contributed by atoms with van der Waals surface area (Å²) in [5, 5.41) is 14.7. The standard InChI is InChI=1S/C18H16FN3O4/c19-13-5-6-16(22(24)25)17(9-13)26-11-18(23)20-8-7-12-10-21-15-4-2-1-3-14(12)15/h1-6,9-10,21H,7-8,11H2,(H,20,23). The highest BCUT2D eigenvalue weighted by Crippen LogP contribution is 2.27. The molecule has 2 N–H and O–H groups in total. The number of nitro benzene ring substituents is 1. The molecule has 7 nitrogen and oxygen atoms in total. The van der Waals surface area contributed by atoms with E-state index in [9.17, 15) is 19.3 Å². The SMILES string of the molecule is O=C(COc1cc(F)ccc1[N+](=O)[O-])NCCc1c[nH]c2ccccc12. The summed E-state index contributed by atoms with van der Waals surface area (Å²) < 4.78 is 18.3. The third-order valence-electron chi connectivity index (χ3n) is 3.87. The number of amides is 1.